The van der Waals surface area contributed by atoms with E-state index in [1.807, 2.05) is 30.3 Å². The standard InChI is InChI=1S/C12H5BrN2O2/c13-11-9(5-14)15-17-12(11)8-6-16-10-4-2-1-3-7(8)10/h1-4,6H. The molecule has 0 atom stereocenters. The van der Waals surface area contributed by atoms with Gasteiger partial charge in [-0.05, 0) is 22.0 Å². The number of furan rings is 1. The lowest BCUT2D eigenvalue weighted by molar-refractivity contribution is 0.429. The SMILES string of the molecule is N#Cc1noc(-c2coc3ccccc23)c1Br. The summed E-state index contributed by atoms with van der Waals surface area (Å²) in [6.45, 7) is 0. The molecule has 0 saturated heterocycles. The summed E-state index contributed by atoms with van der Waals surface area (Å²) in [5.74, 6) is 0.506. The molecule has 17 heavy (non-hydrogen) atoms. The minimum atomic E-state index is 0.227. The number of hydrogen-bond donors (Lipinski definition) is 0. The highest BCUT2D eigenvalue weighted by atomic mass is 79.9. The van der Waals surface area contributed by atoms with Crippen molar-refractivity contribution >= 4 is 26.9 Å². The molecule has 0 fully saturated rings. The summed E-state index contributed by atoms with van der Waals surface area (Å²) in [5, 5.41) is 13.4. The molecule has 4 nitrogen and oxygen atoms in total. The molecule has 5 heteroatoms. The van der Waals surface area contributed by atoms with Crippen molar-refractivity contribution in [1.29, 1.82) is 5.26 Å². The average molecular weight is 289 g/mol. The molecular formula is C12H5BrN2O2. The van der Waals surface area contributed by atoms with E-state index in [1.54, 1.807) is 6.26 Å². The van der Waals surface area contributed by atoms with Crippen LogP contribution in [0.3, 0.4) is 0 Å². The topological polar surface area (TPSA) is 63.0 Å². The summed E-state index contributed by atoms with van der Waals surface area (Å²) in [6.07, 6.45) is 1.59. The Morgan fingerprint density at radius 3 is 2.88 bits per heavy atom. The highest BCUT2D eigenvalue weighted by molar-refractivity contribution is 9.10. The average Bonchev–Trinajstić information content (AvgIpc) is 2.92. The molecule has 0 N–H and O–H groups in total. The predicted molar refractivity (Wildman–Crippen MR) is 64.1 cm³/mol. The number of halogens is 1. The van der Waals surface area contributed by atoms with Crippen LogP contribution in [0.5, 0.6) is 0 Å². The van der Waals surface area contributed by atoms with Crippen molar-refractivity contribution in [2.45, 2.75) is 0 Å². The van der Waals surface area contributed by atoms with Gasteiger partial charge in [0.2, 0.25) is 0 Å². The first-order chi connectivity index (χ1) is 8.31. The second-order valence-electron chi connectivity index (χ2n) is 3.43. The van der Waals surface area contributed by atoms with Crippen molar-refractivity contribution in [2.24, 2.45) is 0 Å². The zero-order chi connectivity index (χ0) is 11.8. The summed E-state index contributed by atoms with van der Waals surface area (Å²) in [7, 11) is 0. The second kappa shape index (κ2) is 3.75. The van der Waals surface area contributed by atoms with Crippen molar-refractivity contribution in [3.05, 3.63) is 40.7 Å². The summed E-state index contributed by atoms with van der Waals surface area (Å²) < 4.78 is 11.1. The fourth-order valence-corrected chi connectivity index (χ4v) is 2.12. The third kappa shape index (κ3) is 1.46. The molecule has 82 valence electrons. The normalized spacial score (nSPS) is 10.6. The maximum Gasteiger partial charge on any atom is 0.198 e. The zero-order valence-corrected chi connectivity index (χ0v) is 10.1. The van der Waals surface area contributed by atoms with Crippen LogP contribution in [0.1, 0.15) is 5.69 Å². The van der Waals surface area contributed by atoms with Crippen molar-refractivity contribution in [2.75, 3.05) is 0 Å². The Labute approximate surface area is 105 Å². The van der Waals surface area contributed by atoms with Gasteiger partial charge in [0.05, 0.1) is 5.56 Å². The van der Waals surface area contributed by atoms with E-state index >= 15 is 0 Å². The van der Waals surface area contributed by atoms with Gasteiger partial charge < -0.3 is 8.94 Å². The number of aromatic nitrogens is 1. The van der Waals surface area contributed by atoms with Crippen LogP contribution in [-0.4, -0.2) is 5.16 Å². The van der Waals surface area contributed by atoms with Crippen LogP contribution in [0.2, 0.25) is 0 Å². The summed E-state index contributed by atoms with van der Waals surface area (Å²) in [4.78, 5) is 0. The largest absolute Gasteiger partial charge is 0.464 e. The van der Waals surface area contributed by atoms with E-state index in [1.165, 1.54) is 0 Å². The molecule has 0 aliphatic heterocycles. The number of nitrogens with zero attached hydrogens (tertiary/aromatic N) is 2. The van der Waals surface area contributed by atoms with E-state index in [-0.39, 0.29) is 5.69 Å². The quantitative estimate of drug-likeness (QED) is 0.684. The maximum atomic E-state index is 8.82. The van der Waals surface area contributed by atoms with Gasteiger partial charge in [-0.1, -0.05) is 23.4 Å². The van der Waals surface area contributed by atoms with Crippen LogP contribution in [0, 0.1) is 11.3 Å². The molecule has 2 aromatic heterocycles. The number of para-hydroxylation sites is 1. The van der Waals surface area contributed by atoms with Crippen molar-refractivity contribution < 1.29 is 8.94 Å². The van der Waals surface area contributed by atoms with Gasteiger partial charge in [-0.3, -0.25) is 0 Å². The Hall–Kier alpha value is -2.06. The van der Waals surface area contributed by atoms with E-state index < -0.39 is 0 Å². The van der Waals surface area contributed by atoms with E-state index in [4.69, 9.17) is 14.2 Å². The summed E-state index contributed by atoms with van der Waals surface area (Å²) >= 11 is 3.30. The molecular weight excluding hydrogens is 284 g/mol. The van der Waals surface area contributed by atoms with Gasteiger partial charge >= 0.3 is 0 Å². The molecule has 0 aliphatic rings. The molecule has 0 spiro atoms. The fourth-order valence-electron chi connectivity index (χ4n) is 1.67. The lowest BCUT2D eigenvalue weighted by Gasteiger charge is -1.91. The Bertz CT molecular complexity index is 736. The first-order valence-electron chi connectivity index (χ1n) is 4.83. The number of nitriles is 1. The fraction of sp³-hybridized carbons (Fsp3) is 0. The first-order valence-corrected chi connectivity index (χ1v) is 5.62. The molecule has 3 rings (SSSR count). The van der Waals surface area contributed by atoms with Gasteiger partial charge in [-0.15, -0.1) is 0 Å². The van der Waals surface area contributed by atoms with E-state index in [0.717, 1.165) is 16.5 Å². The van der Waals surface area contributed by atoms with Crippen molar-refractivity contribution in [3.8, 4) is 17.4 Å². The third-order valence-corrected chi connectivity index (χ3v) is 3.20. The molecule has 0 amide bonds. The Kier molecular flexibility index (Phi) is 2.23. The lowest BCUT2D eigenvalue weighted by atomic mass is 10.1. The summed E-state index contributed by atoms with van der Waals surface area (Å²) in [6, 6.07) is 9.55. The summed E-state index contributed by atoms with van der Waals surface area (Å²) in [5.41, 5.74) is 1.77. The molecule has 0 saturated carbocycles. The van der Waals surface area contributed by atoms with Crippen LogP contribution in [0.4, 0.5) is 0 Å². The lowest BCUT2D eigenvalue weighted by Crippen LogP contribution is -1.74. The van der Waals surface area contributed by atoms with Gasteiger partial charge in [0.1, 0.15) is 22.4 Å². The monoisotopic (exact) mass is 288 g/mol. The number of fused-ring (bicyclic) bond motifs is 1. The van der Waals surface area contributed by atoms with Gasteiger partial charge in [-0.2, -0.15) is 5.26 Å². The van der Waals surface area contributed by atoms with Crippen LogP contribution in [-0.2, 0) is 0 Å². The molecule has 3 aromatic rings. The number of benzene rings is 1. The Balaban J connectivity index is 2.28. The van der Waals surface area contributed by atoms with Crippen molar-refractivity contribution in [3.63, 3.8) is 0 Å². The van der Waals surface area contributed by atoms with Crippen LogP contribution >= 0.6 is 15.9 Å². The first kappa shape index (κ1) is 10.1. The van der Waals surface area contributed by atoms with Crippen LogP contribution in [0.25, 0.3) is 22.3 Å². The Morgan fingerprint density at radius 2 is 2.12 bits per heavy atom. The second-order valence-corrected chi connectivity index (χ2v) is 4.22. The molecule has 0 radical (unpaired) electrons. The minimum absolute atomic E-state index is 0.227. The molecule has 2 heterocycles. The molecule has 1 aromatic carbocycles. The molecule has 0 aliphatic carbocycles. The van der Waals surface area contributed by atoms with Crippen LogP contribution in [0.15, 0.2) is 43.9 Å². The highest BCUT2D eigenvalue weighted by Gasteiger charge is 2.18. The Morgan fingerprint density at radius 1 is 1.29 bits per heavy atom. The van der Waals surface area contributed by atoms with Crippen LogP contribution < -0.4 is 0 Å². The zero-order valence-electron chi connectivity index (χ0n) is 8.48. The smallest absolute Gasteiger partial charge is 0.198 e. The van der Waals surface area contributed by atoms with E-state index in [0.29, 0.717) is 10.2 Å². The van der Waals surface area contributed by atoms with Gasteiger partial charge in [0.25, 0.3) is 0 Å². The van der Waals surface area contributed by atoms with Gasteiger partial charge in [-0.25, -0.2) is 0 Å². The van der Waals surface area contributed by atoms with Crippen molar-refractivity contribution in [1.82, 2.24) is 5.16 Å². The molecule has 0 bridgehead atoms. The number of rotatable bonds is 1. The third-order valence-electron chi connectivity index (χ3n) is 2.47. The number of hydrogen-bond acceptors (Lipinski definition) is 4. The van der Waals surface area contributed by atoms with E-state index in [9.17, 15) is 0 Å². The van der Waals surface area contributed by atoms with Gasteiger partial charge in [0.15, 0.2) is 11.5 Å². The minimum Gasteiger partial charge on any atom is -0.464 e. The molecule has 0 unspecified atom stereocenters. The highest BCUT2D eigenvalue weighted by Crippen LogP contribution is 2.36. The predicted octanol–water partition coefficient (Wildman–Crippen LogP) is 3.72. The van der Waals surface area contributed by atoms with E-state index in [2.05, 4.69) is 21.1 Å². The maximum absolute atomic E-state index is 8.82. The van der Waals surface area contributed by atoms with Gasteiger partial charge in [0, 0.05) is 5.39 Å².